The first kappa shape index (κ1) is 16.9. The third-order valence-corrected chi connectivity index (χ3v) is 5.49. The van der Waals surface area contributed by atoms with Gasteiger partial charge in [0.2, 0.25) is 0 Å². The molecule has 0 radical (unpaired) electrons. The molecule has 2 heterocycles. The molecule has 4 nitrogen and oxygen atoms in total. The number of para-hydroxylation sites is 2. The minimum Gasteiger partial charge on any atom is -0.423 e. The Morgan fingerprint density at radius 3 is 2.77 bits per heavy atom. The molecule has 1 N–H and O–H groups in total. The van der Waals surface area contributed by atoms with Crippen molar-refractivity contribution >= 4 is 33.8 Å². The highest BCUT2D eigenvalue weighted by molar-refractivity contribution is 7.98. The maximum Gasteiger partial charge on any atom is 0.336 e. The molecule has 132 valence electrons. The first-order valence-corrected chi connectivity index (χ1v) is 9.64. The van der Waals surface area contributed by atoms with Crippen LogP contribution in [-0.2, 0) is 5.75 Å². The van der Waals surface area contributed by atoms with Gasteiger partial charge >= 0.3 is 5.63 Å². The first-order chi connectivity index (χ1) is 12.5. The van der Waals surface area contributed by atoms with Crippen LogP contribution < -0.4 is 5.63 Å². The number of nitrogens with one attached hydrogen (secondary N) is 1. The molecule has 2 aromatic carbocycles. The Morgan fingerprint density at radius 2 is 2.00 bits per heavy atom. The van der Waals surface area contributed by atoms with E-state index in [9.17, 15) is 4.79 Å². The van der Waals surface area contributed by atoms with E-state index in [1.54, 1.807) is 17.8 Å². The normalized spacial score (nSPS) is 11.7. The molecular weight excluding hydrogens is 344 g/mol. The van der Waals surface area contributed by atoms with Crippen LogP contribution in [0.15, 0.2) is 56.8 Å². The third-order valence-electron chi connectivity index (χ3n) is 4.57. The van der Waals surface area contributed by atoms with Gasteiger partial charge in [0.25, 0.3) is 0 Å². The standard InChI is InChI=1S/C21H20N2O2S/c1-12(2)15-10-16-14(9-20(24)25-19(16)8-13(15)3)11-26-21-22-17-6-4-5-7-18(17)23-21/h4-10,12H,11H2,1-3H3,(H,22,23). The number of aryl methyl sites for hydroxylation is 1. The number of rotatable bonds is 4. The van der Waals surface area contributed by atoms with Crippen molar-refractivity contribution in [2.45, 2.75) is 37.6 Å². The summed E-state index contributed by atoms with van der Waals surface area (Å²) in [6.45, 7) is 6.41. The summed E-state index contributed by atoms with van der Waals surface area (Å²) in [5.41, 5.74) is 5.71. The molecule has 0 unspecified atom stereocenters. The molecule has 26 heavy (non-hydrogen) atoms. The van der Waals surface area contributed by atoms with Crippen molar-refractivity contribution in [3.63, 3.8) is 0 Å². The molecule has 0 aliphatic carbocycles. The van der Waals surface area contributed by atoms with Gasteiger partial charge < -0.3 is 9.40 Å². The Hall–Kier alpha value is -2.53. The van der Waals surface area contributed by atoms with Crippen molar-refractivity contribution in [2.24, 2.45) is 0 Å². The van der Waals surface area contributed by atoms with Gasteiger partial charge in [-0.3, -0.25) is 0 Å². The molecule has 4 aromatic rings. The van der Waals surface area contributed by atoms with E-state index in [0.29, 0.717) is 17.3 Å². The molecule has 0 fully saturated rings. The second-order valence-corrected chi connectivity index (χ2v) is 7.76. The highest BCUT2D eigenvalue weighted by atomic mass is 32.2. The van der Waals surface area contributed by atoms with Gasteiger partial charge in [-0.15, -0.1) is 0 Å². The van der Waals surface area contributed by atoms with Crippen LogP contribution in [0, 0.1) is 6.92 Å². The second kappa shape index (κ2) is 6.65. The molecule has 0 aliphatic heterocycles. The lowest BCUT2D eigenvalue weighted by Crippen LogP contribution is -2.02. The zero-order valence-electron chi connectivity index (χ0n) is 15.0. The average molecular weight is 364 g/mol. The molecule has 0 atom stereocenters. The third kappa shape index (κ3) is 3.15. The minimum absolute atomic E-state index is 0.311. The Kier molecular flexibility index (Phi) is 4.32. The minimum atomic E-state index is -0.311. The van der Waals surface area contributed by atoms with E-state index in [2.05, 4.69) is 36.8 Å². The highest BCUT2D eigenvalue weighted by Gasteiger charge is 2.12. The number of hydrogen-bond acceptors (Lipinski definition) is 4. The van der Waals surface area contributed by atoms with Crippen LogP contribution in [0.3, 0.4) is 0 Å². The Balaban J connectivity index is 1.72. The van der Waals surface area contributed by atoms with Gasteiger partial charge in [-0.1, -0.05) is 37.7 Å². The molecule has 2 aromatic heterocycles. The number of thioether (sulfide) groups is 1. The van der Waals surface area contributed by atoms with Gasteiger partial charge in [-0.25, -0.2) is 9.78 Å². The quantitative estimate of drug-likeness (QED) is 0.389. The van der Waals surface area contributed by atoms with E-state index in [1.807, 2.05) is 30.3 Å². The van der Waals surface area contributed by atoms with Crippen molar-refractivity contribution in [1.29, 1.82) is 0 Å². The van der Waals surface area contributed by atoms with E-state index in [-0.39, 0.29) is 5.63 Å². The van der Waals surface area contributed by atoms with Gasteiger partial charge in [0, 0.05) is 17.2 Å². The number of fused-ring (bicyclic) bond motifs is 2. The smallest absolute Gasteiger partial charge is 0.336 e. The zero-order chi connectivity index (χ0) is 18.3. The van der Waals surface area contributed by atoms with Gasteiger partial charge in [-0.05, 0) is 53.8 Å². The Bertz CT molecular complexity index is 1120. The topological polar surface area (TPSA) is 58.9 Å². The van der Waals surface area contributed by atoms with Gasteiger partial charge in [-0.2, -0.15) is 0 Å². The van der Waals surface area contributed by atoms with E-state index < -0.39 is 0 Å². The van der Waals surface area contributed by atoms with Crippen LogP contribution in [0.2, 0.25) is 0 Å². The van der Waals surface area contributed by atoms with E-state index in [0.717, 1.165) is 32.7 Å². The molecule has 4 rings (SSSR count). The molecule has 0 saturated heterocycles. The number of aromatic amines is 1. The van der Waals surface area contributed by atoms with Crippen LogP contribution in [0.1, 0.15) is 36.5 Å². The van der Waals surface area contributed by atoms with Gasteiger partial charge in [0.1, 0.15) is 5.58 Å². The molecule has 0 spiro atoms. The summed E-state index contributed by atoms with van der Waals surface area (Å²) < 4.78 is 5.43. The monoisotopic (exact) mass is 364 g/mol. The molecule has 5 heteroatoms. The van der Waals surface area contributed by atoms with E-state index >= 15 is 0 Å². The summed E-state index contributed by atoms with van der Waals surface area (Å²) in [5, 5.41) is 1.85. The fourth-order valence-corrected chi connectivity index (χ4v) is 4.15. The lowest BCUT2D eigenvalue weighted by Gasteiger charge is -2.12. The second-order valence-electron chi connectivity index (χ2n) is 6.80. The van der Waals surface area contributed by atoms with Gasteiger partial charge in [0.15, 0.2) is 5.16 Å². The summed E-state index contributed by atoms with van der Waals surface area (Å²) in [7, 11) is 0. The van der Waals surface area contributed by atoms with Crippen LogP contribution in [0.4, 0.5) is 0 Å². The molecular formula is C21H20N2O2S. The number of nitrogens with zero attached hydrogens (tertiary/aromatic N) is 1. The number of benzene rings is 2. The summed E-state index contributed by atoms with van der Waals surface area (Å²) >= 11 is 1.59. The predicted molar refractivity (Wildman–Crippen MR) is 107 cm³/mol. The Morgan fingerprint density at radius 1 is 1.19 bits per heavy atom. The van der Waals surface area contributed by atoms with Crippen LogP contribution >= 0.6 is 11.8 Å². The fraction of sp³-hybridized carbons (Fsp3) is 0.238. The highest BCUT2D eigenvalue weighted by Crippen LogP contribution is 2.30. The van der Waals surface area contributed by atoms with E-state index in [4.69, 9.17) is 4.42 Å². The predicted octanol–water partition coefficient (Wildman–Crippen LogP) is 5.39. The molecule has 0 bridgehead atoms. The number of hydrogen-bond donors (Lipinski definition) is 1. The summed E-state index contributed by atoms with van der Waals surface area (Å²) in [6, 6.07) is 13.7. The van der Waals surface area contributed by atoms with Crippen LogP contribution in [0.5, 0.6) is 0 Å². The SMILES string of the molecule is Cc1cc2oc(=O)cc(CSc3nc4ccccc4[nH]3)c2cc1C(C)C. The van der Waals surface area contributed by atoms with Crippen molar-refractivity contribution in [3.05, 3.63) is 69.6 Å². The van der Waals surface area contributed by atoms with Gasteiger partial charge in [0.05, 0.1) is 11.0 Å². The maximum atomic E-state index is 12.0. The molecule has 0 saturated carbocycles. The van der Waals surface area contributed by atoms with E-state index in [1.165, 1.54) is 5.56 Å². The number of imidazole rings is 1. The zero-order valence-corrected chi connectivity index (χ0v) is 15.8. The molecule has 0 aliphatic rings. The van der Waals surface area contributed by atoms with Crippen molar-refractivity contribution in [3.8, 4) is 0 Å². The van der Waals surface area contributed by atoms with Crippen LogP contribution in [0.25, 0.3) is 22.0 Å². The largest absolute Gasteiger partial charge is 0.423 e. The maximum absolute atomic E-state index is 12.0. The lowest BCUT2D eigenvalue weighted by molar-refractivity contribution is 0.559. The number of H-pyrrole nitrogens is 1. The average Bonchev–Trinajstić information content (AvgIpc) is 3.01. The van der Waals surface area contributed by atoms with Crippen LogP contribution in [-0.4, -0.2) is 9.97 Å². The fourth-order valence-electron chi connectivity index (χ4n) is 3.28. The Labute approximate surface area is 155 Å². The summed E-state index contributed by atoms with van der Waals surface area (Å²) in [6.07, 6.45) is 0. The summed E-state index contributed by atoms with van der Waals surface area (Å²) in [5.74, 6) is 1.07. The van der Waals surface area contributed by atoms with Crippen molar-refractivity contribution < 1.29 is 4.42 Å². The van der Waals surface area contributed by atoms with Crippen molar-refractivity contribution in [1.82, 2.24) is 9.97 Å². The summed E-state index contributed by atoms with van der Waals surface area (Å²) in [4.78, 5) is 19.9. The first-order valence-electron chi connectivity index (χ1n) is 8.66. The lowest BCUT2D eigenvalue weighted by atomic mass is 9.95. The molecule has 0 amide bonds. The number of aromatic nitrogens is 2. The van der Waals surface area contributed by atoms with Crippen molar-refractivity contribution in [2.75, 3.05) is 0 Å².